The molecule has 3 heterocycles. The zero-order valence-corrected chi connectivity index (χ0v) is 21.1. The predicted octanol–water partition coefficient (Wildman–Crippen LogP) is 4.58. The number of benzene rings is 2. The number of aromatic nitrogens is 2. The molecular formula is C26H27ClFN7O2. The highest BCUT2D eigenvalue weighted by Crippen LogP contribution is 2.38. The molecule has 5 rings (SSSR count). The van der Waals surface area contributed by atoms with Gasteiger partial charge in [-0.3, -0.25) is 9.69 Å². The summed E-state index contributed by atoms with van der Waals surface area (Å²) in [5.41, 5.74) is 3.05. The van der Waals surface area contributed by atoms with E-state index in [2.05, 4.69) is 56.2 Å². The van der Waals surface area contributed by atoms with E-state index in [-0.39, 0.29) is 12.3 Å². The highest BCUT2D eigenvalue weighted by molar-refractivity contribution is 6.32. The summed E-state index contributed by atoms with van der Waals surface area (Å²) < 4.78 is 18.6. The van der Waals surface area contributed by atoms with Crippen molar-refractivity contribution in [2.45, 2.75) is 0 Å². The Morgan fingerprint density at radius 2 is 1.81 bits per heavy atom. The Hall–Kier alpha value is -3.89. The summed E-state index contributed by atoms with van der Waals surface area (Å²) in [6.45, 7) is 6.91. The van der Waals surface area contributed by atoms with Crippen molar-refractivity contribution in [2.75, 3.05) is 66.9 Å². The first-order valence-corrected chi connectivity index (χ1v) is 12.3. The van der Waals surface area contributed by atoms with Crippen LogP contribution in [0.25, 0.3) is 0 Å². The minimum Gasteiger partial charge on any atom is -0.450 e. The van der Waals surface area contributed by atoms with Gasteiger partial charge in [0.1, 0.15) is 11.7 Å². The standard InChI is InChI=1S/C26H27ClFN7O2/c1-17-25(36)35(10-9-28)22-15-19(5-8-23(22)37-17)30-24-21(27)16-29-26(32-24)31-18-3-6-20(7-4-18)34-13-11-33(2)12-14-34/h3-8,15-16H,1,9-14H2,2H3,(H2,29,30,31,32). The van der Waals surface area contributed by atoms with E-state index in [4.69, 9.17) is 16.3 Å². The molecule has 11 heteroatoms. The van der Waals surface area contributed by atoms with E-state index in [0.29, 0.717) is 33.9 Å². The van der Waals surface area contributed by atoms with E-state index in [1.54, 1.807) is 18.2 Å². The average molecular weight is 524 g/mol. The Bertz CT molecular complexity index is 1310. The van der Waals surface area contributed by atoms with Crippen LogP contribution in [0.2, 0.25) is 5.02 Å². The third-order valence-corrected chi connectivity index (χ3v) is 6.55. The summed E-state index contributed by atoms with van der Waals surface area (Å²) >= 11 is 6.36. The quantitative estimate of drug-likeness (QED) is 0.435. The molecule has 0 radical (unpaired) electrons. The van der Waals surface area contributed by atoms with E-state index in [1.165, 1.54) is 16.8 Å². The number of alkyl halides is 1. The number of amides is 1. The predicted molar refractivity (Wildman–Crippen MR) is 144 cm³/mol. The van der Waals surface area contributed by atoms with Crippen LogP contribution >= 0.6 is 11.6 Å². The van der Waals surface area contributed by atoms with Crippen LogP contribution in [0.1, 0.15) is 0 Å². The molecule has 192 valence electrons. The largest absolute Gasteiger partial charge is 0.450 e. The molecule has 1 aromatic heterocycles. The average Bonchev–Trinajstić information content (AvgIpc) is 2.90. The normalized spacial score (nSPS) is 15.9. The fraction of sp³-hybridized carbons (Fsp3) is 0.269. The minimum absolute atomic E-state index is 0.0483. The molecule has 1 fully saturated rings. The van der Waals surface area contributed by atoms with E-state index in [0.717, 1.165) is 31.9 Å². The first-order valence-electron chi connectivity index (χ1n) is 11.9. The first kappa shape index (κ1) is 24.8. The van der Waals surface area contributed by atoms with Crippen molar-refractivity contribution in [3.8, 4) is 5.75 Å². The zero-order chi connectivity index (χ0) is 25.9. The number of hydrogen-bond donors (Lipinski definition) is 2. The number of carbonyl (C=O) groups is 1. The summed E-state index contributed by atoms with van der Waals surface area (Å²) in [5, 5.41) is 6.67. The molecule has 1 amide bonds. The van der Waals surface area contributed by atoms with Gasteiger partial charge in [0.05, 0.1) is 18.4 Å². The van der Waals surface area contributed by atoms with Gasteiger partial charge >= 0.3 is 0 Å². The maximum absolute atomic E-state index is 13.1. The zero-order valence-electron chi connectivity index (χ0n) is 20.4. The third-order valence-electron chi connectivity index (χ3n) is 6.27. The number of carbonyl (C=O) groups excluding carboxylic acids is 1. The number of anilines is 6. The van der Waals surface area contributed by atoms with Gasteiger partial charge in [0.15, 0.2) is 17.3 Å². The van der Waals surface area contributed by atoms with Crippen LogP contribution in [-0.4, -0.2) is 67.2 Å². The van der Waals surface area contributed by atoms with Gasteiger partial charge in [-0.2, -0.15) is 4.98 Å². The molecule has 37 heavy (non-hydrogen) atoms. The number of ether oxygens (including phenoxy) is 1. The molecule has 3 aromatic rings. The van der Waals surface area contributed by atoms with Crippen molar-refractivity contribution in [1.29, 1.82) is 0 Å². The number of rotatable bonds is 7. The number of nitrogens with zero attached hydrogens (tertiary/aromatic N) is 5. The lowest BCUT2D eigenvalue weighted by Crippen LogP contribution is -2.44. The Kier molecular flexibility index (Phi) is 7.11. The fourth-order valence-corrected chi connectivity index (χ4v) is 4.37. The molecule has 2 aromatic carbocycles. The van der Waals surface area contributed by atoms with Crippen molar-refractivity contribution < 1.29 is 13.9 Å². The number of fused-ring (bicyclic) bond motifs is 1. The lowest BCUT2D eigenvalue weighted by atomic mass is 10.2. The molecule has 0 atom stereocenters. The van der Waals surface area contributed by atoms with Crippen LogP contribution in [0.4, 0.5) is 38.9 Å². The molecule has 0 aliphatic carbocycles. The molecular weight excluding hydrogens is 497 g/mol. The van der Waals surface area contributed by atoms with Crippen LogP contribution < -0.4 is 25.2 Å². The number of nitrogens with one attached hydrogen (secondary N) is 2. The SMILES string of the molecule is C=C1Oc2ccc(Nc3nc(Nc4ccc(N5CCN(C)CC5)cc4)ncc3Cl)cc2N(CCF)C1=O. The van der Waals surface area contributed by atoms with Crippen LogP contribution in [-0.2, 0) is 4.79 Å². The Labute approximate surface area is 219 Å². The monoisotopic (exact) mass is 523 g/mol. The molecule has 2 N–H and O–H groups in total. The van der Waals surface area contributed by atoms with Crippen molar-refractivity contribution in [3.63, 3.8) is 0 Å². The molecule has 0 saturated carbocycles. The molecule has 0 bridgehead atoms. The van der Waals surface area contributed by atoms with Crippen molar-refractivity contribution in [3.05, 3.63) is 66.0 Å². The summed E-state index contributed by atoms with van der Waals surface area (Å²) in [4.78, 5) is 27.2. The topological polar surface area (TPSA) is 85.9 Å². The Morgan fingerprint density at radius 3 is 2.54 bits per heavy atom. The third kappa shape index (κ3) is 5.45. The van der Waals surface area contributed by atoms with Crippen LogP contribution in [0.3, 0.4) is 0 Å². The van der Waals surface area contributed by atoms with Gasteiger partial charge in [0.2, 0.25) is 5.95 Å². The van der Waals surface area contributed by atoms with Gasteiger partial charge in [-0.25, -0.2) is 9.37 Å². The van der Waals surface area contributed by atoms with Crippen LogP contribution in [0.5, 0.6) is 5.75 Å². The van der Waals surface area contributed by atoms with E-state index in [9.17, 15) is 9.18 Å². The molecule has 1 saturated heterocycles. The second-order valence-corrected chi connectivity index (χ2v) is 9.24. The second kappa shape index (κ2) is 10.6. The van der Waals surface area contributed by atoms with E-state index < -0.39 is 12.6 Å². The molecule has 2 aliphatic rings. The summed E-state index contributed by atoms with van der Waals surface area (Å²) in [6.07, 6.45) is 1.50. The second-order valence-electron chi connectivity index (χ2n) is 8.83. The Balaban J connectivity index is 1.31. The van der Waals surface area contributed by atoms with Crippen molar-refractivity contribution in [2.24, 2.45) is 0 Å². The van der Waals surface area contributed by atoms with Crippen molar-refractivity contribution >= 4 is 52.0 Å². The van der Waals surface area contributed by atoms with Gasteiger partial charge in [-0.05, 0) is 49.5 Å². The highest BCUT2D eigenvalue weighted by Gasteiger charge is 2.29. The van der Waals surface area contributed by atoms with Crippen LogP contribution in [0.15, 0.2) is 61.0 Å². The molecule has 2 aliphatic heterocycles. The Morgan fingerprint density at radius 1 is 1.08 bits per heavy atom. The molecule has 0 unspecified atom stereocenters. The maximum Gasteiger partial charge on any atom is 0.293 e. The van der Waals surface area contributed by atoms with Gasteiger partial charge in [-0.1, -0.05) is 18.2 Å². The number of halogens is 2. The lowest BCUT2D eigenvalue weighted by molar-refractivity contribution is -0.117. The lowest BCUT2D eigenvalue weighted by Gasteiger charge is -2.34. The van der Waals surface area contributed by atoms with Gasteiger partial charge in [-0.15, -0.1) is 0 Å². The summed E-state index contributed by atoms with van der Waals surface area (Å²) in [5.74, 6) is 0.629. The van der Waals surface area contributed by atoms with Crippen LogP contribution in [0, 0.1) is 0 Å². The molecule has 9 nitrogen and oxygen atoms in total. The van der Waals surface area contributed by atoms with E-state index >= 15 is 0 Å². The van der Waals surface area contributed by atoms with Gasteiger partial charge in [0, 0.05) is 43.2 Å². The van der Waals surface area contributed by atoms with Gasteiger partial charge < -0.3 is 25.2 Å². The first-order chi connectivity index (χ1) is 17.9. The smallest absolute Gasteiger partial charge is 0.293 e. The number of piperazine rings is 1. The van der Waals surface area contributed by atoms with Gasteiger partial charge in [0.25, 0.3) is 5.91 Å². The number of likely N-dealkylation sites (N-methyl/N-ethyl adjacent to an activating group) is 1. The molecule has 0 spiro atoms. The highest BCUT2D eigenvalue weighted by atomic mass is 35.5. The van der Waals surface area contributed by atoms with E-state index in [1.807, 2.05) is 12.1 Å². The maximum atomic E-state index is 13.1. The summed E-state index contributed by atoms with van der Waals surface area (Å²) in [6, 6.07) is 13.2. The summed E-state index contributed by atoms with van der Waals surface area (Å²) in [7, 11) is 2.14. The van der Waals surface area contributed by atoms with Crippen molar-refractivity contribution in [1.82, 2.24) is 14.9 Å². The fourth-order valence-electron chi connectivity index (χ4n) is 4.24. The minimum atomic E-state index is -0.695. The number of hydrogen-bond acceptors (Lipinski definition) is 8.